The third-order valence-corrected chi connectivity index (χ3v) is 3.57. The molecule has 106 valence electrons. The summed E-state index contributed by atoms with van der Waals surface area (Å²) in [6.07, 6.45) is 3.67. The van der Waals surface area contributed by atoms with Gasteiger partial charge in [0.1, 0.15) is 0 Å². The quantitative estimate of drug-likeness (QED) is 0.876. The maximum atomic E-state index is 9.27. The van der Waals surface area contributed by atoms with Crippen LogP contribution < -0.4 is 0 Å². The van der Waals surface area contributed by atoms with Gasteiger partial charge in [-0.3, -0.25) is 9.88 Å². The normalized spacial score (nSPS) is 11.0. The van der Waals surface area contributed by atoms with Gasteiger partial charge in [0.2, 0.25) is 0 Å². The molecule has 0 bridgehead atoms. The standard InChI is InChI=1S/C17H22N2O/c1-14-5-3-6-15(2)17(14)13-19(9-10-20)12-16-7-4-8-18-11-16/h3-8,11,20H,9-10,12-13H2,1-2H3. The first-order chi connectivity index (χ1) is 9.70. The molecule has 0 atom stereocenters. The van der Waals surface area contributed by atoms with Crippen LogP contribution in [0.1, 0.15) is 22.3 Å². The summed E-state index contributed by atoms with van der Waals surface area (Å²) >= 11 is 0. The Hall–Kier alpha value is -1.71. The van der Waals surface area contributed by atoms with Crippen LogP contribution in [-0.4, -0.2) is 28.1 Å². The predicted molar refractivity (Wildman–Crippen MR) is 81.4 cm³/mol. The van der Waals surface area contributed by atoms with Gasteiger partial charge in [-0.1, -0.05) is 24.3 Å². The van der Waals surface area contributed by atoms with E-state index in [1.807, 2.05) is 12.3 Å². The summed E-state index contributed by atoms with van der Waals surface area (Å²) < 4.78 is 0. The Morgan fingerprint density at radius 2 is 1.80 bits per heavy atom. The van der Waals surface area contributed by atoms with Crippen molar-refractivity contribution >= 4 is 0 Å². The van der Waals surface area contributed by atoms with Crippen LogP contribution in [0.15, 0.2) is 42.7 Å². The summed E-state index contributed by atoms with van der Waals surface area (Å²) in [5.74, 6) is 0. The van der Waals surface area contributed by atoms with E-state index in [9.17, 15) is 5.11 Å². The fraction of sp³-hybridized carbons (Fsp3) is 0.353. The van der Waals surface area contributed by atoms with E-state index in [4.69, 9.17) is 0 Å². The Labute approximate surface area is 120 Å². The second-order valence-electron chi connectivity index (χ2n) is 5.17. The lowest BCUT2D eigenvalue weighted by molar-refractivity contribution is 0.183. The molecular formula is C17H22N2O. The molecule has 1 heterocycles. The van der Waals surface area contributed by atoms with Crippen molar-refractivity contribution in [3.63, 3.8) is 0 Å². The minimum atomic E-state index is 0.172. The van der Waals surface area contributed by atoms with Crippen LogP contribution in [-0.2, 0) is 13.1 Å². The first-order valence-corrected chi connectivity index (χ1v) is 6.98. The van der Waals surface area contributed by atoms with E-state index in [1.54, 1.807) is 6.20 Å². The molecule has 2 rings (SSSR count). The van der Waals surface area contributed by atoms with Gasteiger partial charge in [0.05, 0.1) is 6.61 Å². The second-order valence-corrected chi connectivity index (χ2v) is 5.17. The molecule has 1 aromatic carbocycles. The molecule has 1 N–H and O–H groups in total. The van der Waals surface area contributed by atoms with Crippen molar-refractivity contribution in [1.29, 1.82) is 0 Å². The number of aryl methyl sites for hydroxylation is 2. The summed E-state index contributed by atoms with van der Waals surface area (Å²) in [6, 6.07) is 10.4. The summed E-state index contributed by atoms with van der Waals surface area (Å²) in [6.45, 7) is 6.79. The van der Waals surface area contributed by atoms with Crippen molar-refractivity contribution in [3.8, 4) is 0 Å². The highest BCUT2D eigenvalue weighted by Gasteiger charge is 2.10. The van der Waals surface area contributed by atoms with Gasteiger partial charge in [-0.2, -0.15) is 0 Å². The van der Waals surface area contributed by atoms with E-state index in [1.165, 1.54) is 22.3 Å². The Morgan fingerprint density at radius 3 is 2.40 bits per heavy atom. The van der Waals surface area contributed by atoms with E-state index in [2.05, 4.69) is 48.0 Å². The fourth-order valence-electron chi connectivity index (χ4n) is 2.43. The van der Waals surface area contributed by atoms with Crippen molar-refractivity contribution < 1.29 is 5.11 Å². The van der Waals surface area contributed by atoms with Gasteiger partial charge in [0.15, 0.2) is 0 Å². The molecule has 0 fully saturated rings. The van der Waals surface area contributed by atoms with Crippen LogP contribution in [0.2, 0.25) is 0 Å². The molecule has 0 saturated carbocycles. The molecule has 0 saturated heterocycles. The zero-order valence-corrected chi connectivity index (χ0v) is 12.2. The zero-order valence-electron chi connectivity index (χ0n) is 12.2. The number of aromatic nitrogens is 1. The van der Waals surface area contributed by atoms with E-state index in [-0.39, 0.29) is 6.61 Å². The smallest absolute Gasteiger partial charge is 0.0558 e. The third kappa shape index (κ3) is 3.89. The Balaban J connectivity index is 2.13. The Kier molecular flexibility index (Phi) is 5.27. The van der Waals surface area contributed by atoms with Crippen molar-refractivity contribution in [3.05, 3.63) is 65.0 Å². The molecule has 3 heteroatoms. The van der Waals surface area contributed by atoms with E-state index in [0.29, 0.717) is 6.54 Å². The van der Waals surface area contributed by atoms with E-state index >= 15 is 0 Å². The molecule has 0 unspecified atom stereocenters. The van der Waals surface area contributed by atoms with E-state index < -0.39 is 0 Å². The first kappa shape index (κ1) is 14.7. The lowest BCUT2D eigenvalue weighted by Gasteiger charge is -2.23. The number of hydrogen-bond donors (Lipinski definition) is 1. The van der Waals surface area contributed by atoms with Crippen LogP contribution in [0.5, 0.6) is 0 Å². The van der Waals surface area contributed by atoms with Crippen LogP contribution in [0.4, 0.5) is 0 Å². The summed E-state index contributed by atoms with van der Waals surface area (Å²) in [7, 11) is 0. The molecule has 0 aliphatic rings. The minimum Gasteiger partial charge on any atom is -0.395 e. The first-order valence-electron chi connectivity index (χ1n) is 6.98. The molecule has 2 aromatic rings. The van der Waals surface area contributed by atoms with Gasteiger partial charge in [-0.25, -0.2) is 0 Å². The summed E-state index contributed by atoms with van der Waals surface area (Å²) in [5, 5.41) is 9.27. The largest absolute Gasteiger partial charge is 0.395 e. The molecule has 0 spiro atoms. The van der Waals surface area contributed by atoms with E-state index in [0.717, 1.165) is 13.1 Å². The maximum absolute atomic E-state index is 9.27. The van der Waals surface area contributed by atoms with Gasteiger partial charge in [0.25, 0.3) is 0 Å². The number of aliphatic hydroxyl groups excluding tert-OH is 1. The third-order valence-electron chi connectivity index (χ3n) is 3.57. The fourth-order valence-corrected chi connectivity index (χ4v) is 2.43. The molecule has 0 aliphatic carbocycles. The summed E-state index contributed by atoms with van der Waals surface area (Å²) in [5.41, 5.74) is 5.13. The maximum Gasteiger partial charge on any atom is 0.0558 e. The van der Waals surface area contributed by atoms with Crippen LogP contribution in [0, 0.1) is 13.8 Å². The molecule has 1 aromatic heterocycles. The van der Waals surface area contributed by atoms with Crippen molar-refractivity contribution in [1.82, 2.24) is 9.88 Å². The van der Waals surface area contributed by atoms with Gasteiger partial charge in [-0.05, 0) is 42.2 Å². The van der Waals surface area contributed by atoms with Crippen molar-refractivity contribution in [2.75, 3.05) is 13.2 Å². The lowest BCUT2D eigenvalue weighted by Crippen LogP contribution is -2.26. The molecule has 20 heavy (non-hydrogen) atoms. The molecule has 3 nitrogen and oxygen atoms in total. The zero-order chi connectivity index (χ0) is 14.4. The Bertz CT molecular complexity index is 520. The number of hydrogen-bond acceptors (Lipinski definition) is 3. The highest BCUT2D eigenvalue weighted by Crippen LogP contribution is 2.17. The minimum absolute atomic E-state index is 0.172. The molecule has 0 aliphatic heterocycles. The number of benzene rings is 1. The molecule has 0 radical (unpaired) electrons. The number of rotatable bonds is 6. The summed E-state index contributed by atoms with van der Waals surface area (Å²) in [4.78, 5) is 6.41. The lowest BCUT2D eigenvalue weighted by atomic mass is 10.0. The van der Waals surface area contributed by atoms with Gasteiger partial charge < -0.3 is 5.11 Å². The van der Waals surface area contributed by atoms with Crippen LogP contribution in [0.25, 0.3) is 0 Å². The van der Waals surface area contributed by atoms with Crippen LogP contribution in [0.3, 0.4) is 0 Å². The predicted octanol–water partition coefficient (Wildman–Crippen LogP) is 2.69. The average Bonchev–Trinajstić information content (AvgIpc) is 2.44. The molecule has 0 amide bonds. The highest BCUT2D eigenvalue weighted by molar-refractivity contribution is 5.33. The van der Waals surface area contributed by atoms with Crippen molar-refractivity contribution in [2.24, 2.45) is 0 Å². The highest BCUT2D eigenvalue weighted by atomic mass is 16.3. The monoisotopic (exact) mass is 270 g/mol. The van der Waals surface area contributed by atoms with Crippen LogP contribution >= 0.6 is 0 Å². The van der Waals surface area contributed by atoms with Crippen molar-refractivity contribution in [2.45, 2.75) is 26.9 Å². The number of nitrogens with zero attached hydrogens (tertiary/aromatic N) is 2. The van der Waals surface area contributed by atoms with Gasteiger partial charge in [-0.15, -0.1) is 0 Å². The van der Waals surface area contributed by atoms with Gasteiger partial charge in [0, 0.05) is 32.0 Å². The molecular weight excluding hydrogens is 248 g/mol. The number of pyridine rings is 1. The second kappa shape index (κ2) is 7.17. The number of aliphatic hydroxyl groups is 1. The average molecular weight is 270 g/mol. The Morgan fingerprint density at radius 1 is 1.05 bits per heavy atom. The SMILES string of the molecule is Cc1cccc(C)c1CN(CCO)Cc1cccnc1. The van der Waals surface area contributed by atoms with Gasteiger partial charge >= 0.3 is 0 Å². The topological polar surface area (TPSA) is 36.4 Å².